The topological polar surface area (TPSA) is 56.0 Å². The lowest BCUT2D eigenvalue weighted by Crippen LogP contribution is -1.95. The third-order valence-corrected chi connectivity index (χ3v) is 7.72. The number of hydrogen-bond acceptors (Lipinski definition) is 4. The molecule has 0 N–H and O–H groups in total. The fourth-order valence-corrected chi connectivity index (χ4v) is 5.61. The Morgan fingerprint density at radius 3 is 1.88 bits per heavy atom. The fraction of sp³-hybridized carbons (Fsp3) is 0. The zero-order valence-corrected chi connectivity index (χ0v) is 23.2. The van der Waals surface area contributed by atoms with Crippen LogP contribution in [0, 0.1) is 0 Å². The first-order valence-electron chi connectivity index (χ1n) is 14.2. The maximum atomic E-state index is 5.02. The average molecular weight is 552 g/mol. The van der Waals surface area contributed by atoms with Crippen LogP contribution in [0.15, 0.2) is 152 Å². The van der Waals surface area contributed by atoms with Crippen molar-refractivity contribution in [1.29, 1.82) is 0 Å². The lowest BCUT2D eigenvalue weighted by atomic mass is 9.99. The van der Waals surface area contributed by atoms with Gasteiger partial charge in [-0.3, -0.25) is 9.38 Å². The van der Waals surface area contributed by atoms with E-state index in [1.165, 1.54) is 0 Å². The molecule has 0 atom stereocenters. The minimum atomic E-state index is 0.728. The molecule has 0 saturated carbocycles. The van der Waals surface area contributed by atoms with E-state index in [1.54, 1.807) is 0 Å². The van der Waals surface area contributed by atoms with Crippen LogP contribution in [-0.4, -0.2) is 24.3 Å². The Hall–Kier alpha value is -5.94. The number of nitrogens with zero attached hydrogens (tertiary/aromatic N) is 5. The number of aromatic nitrogens is 5. The number of rotatable bonds is 5. The summed E-state index contributed by atoms with van der Waals surface area (Å²) in [6.45, 7) is 0. The second-order valence-electron chi connectivity index (χ2n) is 10.4. The first kappa shape index (κ1) is 24.8. The highest BCUT2D eigenvalue weighted by molar-refractivity contribution is 5.94. The van der Waals surface area contributed by atoms with Crippen molar-refractivity contribution in [2.24, 2.45) is 0 Å². The number of imidazole rings is 1. The van der Waals surface area contributed by atoms with E-state index in [-0.39, 0.29) is 0 Å². The van der Waals surface area contributed by atoms with Gasteiger partial charge in [0.05, 0.1) is 22.6 Å². The molecule has 0 spiro atoms. The van der Waals surface area contributed by atoms with E-state index < -0.39 is 0 Å². The largest absolute Gasteiger partial charge is 0.299 e. The summed E-state index contributed by atoms with van der Waals surface area (Å²) in [6.07, 6.45) is 3.86. The molecule has 0 saturated heterocycles. The zero-order chi connectivity index (χ0) is 28.6. The summed E-state index contributed by atoms with van der Waals surface area (Å²) in [6, 6.07) is 47.6. The molecule has 5 nitrogen and oxygen atoms in total. The van der Waals surface area contributed by atoms with Crippen molar-refractivity contribution in [3.8, 4) is 56.4 Å². The van der Waals surface area contributed by atoms with Crippen LogP contribution in [-0.2, 0) is 0 Å². The van der Waals surface area contributed by atoms with Crippen LogP contribution in [0.25, 0.3) is 73.0 Å². The Bertz CT molecular complexity index is 2200. The van der Waals surface area contributed by atoms with Crippen molar-refractivity contribution >= 4 is 16.6 Å². The second kappa shape index (κ2) is 10.5. The Labute approximate surface area is 248 Å². The zero-order valence-electron chi connectivity index (χ0n) is 23.2. The predicted octanol–water partition coefficient (Wildman–Crippen LogP) is 9.01. The van der Waals surface area contributed by atoms with Gasteiger partial charge >= 0.3 is 0 Å². The molecule has 0 bridgehead atoms. The highest BCUT2D eigenvalue weighted by Gasteiger charge is 2.17. The van der Waals surface area contributed by atoms with Gasteiger partial charge in [-0.2, -0.15) is 0 Å². The highest BCUT2D eigenvalue weighted by Crippen LogP contribution is 2.34. The monoisotopic (exact) mass is 551 g/mol. The Morgan fingerprint density at radius 1 is 0.442 bits per heavy atom. The van der Waals surface area contributed by atoms with Crippen LogP contribution >= 0.6 is 0 Å². The molecule has 43 heavy (non-hydrogen) atoms. The summed E-state index contributed by atoms with van der Waals surface area (Å²) in [5.41, 5.74) is 10.9. The molecular weight excluding hydrogens is 526 g/mol. The molecule has 8 rings (SSSR count). The molecule has 0 aliphatic heterocycles. The Morgan fingerprint density at radius 2 is 1.12 bits per heavy atom. The van der Waals surface area contributed by atoms with Crippen molar-refractivity contribution < 1.29 is 0 Å². The SMILES string of the molecule is c1ccc(-c2nc(-c3ccc(-c4ccc(-c5c(-c6ccccn6)nc6ccccn56)cc4)cc3)c3ccccc3n2)cc1. The van der Waals surface area contributed by atoms with Crippen LogP contribution in [0.4, 0.5) is 0 Å². The van der Waals surface area contributed by atoms with E-state index in [4.69, 9.17) is 15.0 Å². The van der Waals surface area contributed by atoms with E-state index in [0.717, 1.165) is 73.0 Å². The molecule has 0 radical (unpaired) electrons. The van der Waals surface area contributed by atoms with Crippen LogP contribution in [0.3, 0.4) is 0 Å². The molecule has 5 heteroatoms. The first-order chi connectivity index (χ1) is 21.3. The van der Waals surface area contributed by atoms with Gasteiger partial charge in [-0.1, -0.05) is 109 Å². The summed E-state index contributed by atoms with van der Waals surface area (Å²) in [5.74, 6) is 0.728. The molecule has 8 aromatic rings. The van der Waals surface area contributed by atoms with Crippen molar-refractivity contribution in [3.63, 3.8) is 0 Å². The molecule has 4 aromatic heterocycles. The van der Waals surface area contributed by atoms with Gasteiger partial charge in [-0.25, -0.2) is 15.0 Å². The van der Waals surface area contributed by atoms with E-state index in [2.05, 4.69) is 70.2 Å². The van der Waals surface area contributed by atoms with Gasteiger partial charge in [0.15, 0.2) is 5.82 Å². The van der Waals surface area contributed by atoms with Crippen LogP contribution in [0.2, 0.25) is 0 Å². The number of para-hydroxylation sites is 1. The lowest BCUT2D eigenvalue weighted by molar-refractivity contribution is 1.19. The summed E-state index contributed by atoms with van der Waals surface area (Å²) in [4.78, 5) is 19.4. The molecular formula is C38H25N5. The van der Waals surface area contributed by atoms with Gasteiger partial charge in [-0.05, 0) is 41.5 Å². The fourth-order valence-electron chi connectivity index (χ4n) is 5.61. The van der Waals surface area contributed by atoms with Gasteiger partial charge in [0, 0.05) is 34.5 Å². The summed E-state index contributed by atoms with van der Waals surface area (Å²) in [5, 5.41) is 1.04. The standard InChI is InChI=1S/C38H25N5/c1-2-10-30(11-3-1)38-40-32-13-5-4-12-31(32)35(42-38)28-20-16-26(17-21-28)27-18-22-29(23-19-27)37-36(33-14-6-8-24-39-33)41-34-15-7-9-25-43(34)37/h1-25H. The molecule has 0 amide bonds. The number of fused-ring (bicyclic) bond motifs is 2. The quantitative estimate of drug-likeness (QED) is 0.214. The van der Waals surface area contributed by atoms with E-state index in [1.807, 2.05) is 91.1 Å². The average Bonchev–Trinajstić information content (AvgIpc) is 3.48. The van der Waals surface area contributed by atoms with Crippen molar-refractivity contribution in [2.75, 3.05) is 0 Å². The number of benzene rings is 4. The molecule has 0 unspecified atom stereocenters. The first-order valence-corrected chi connectivity index (χ1v) is 14.2. The van der Waals surface area contributed by atoms with E-state index in [0.29, 0.717) is 0 Å². The van der Waals surface area contributed by atoms with Gasteiger partial charge < -0.3 is 0 Å². The molecule has 202 valence electrons. The molecule has 4 aromatic carbocycles. The van der Waals surface area contributed by atoms with Gasteiger partial charge in [-0.15, -0.1) is 0 Å². The minimum Gasteiger partial charge on any atom is -0.299 e. The maximum absolute atomic E-state index is 5.02. The second-order valence-corrected chi connectivity index (χ2v) is 10.4. The molecule has 0 aliphatic carbocycles. The normalized spacial score (nSPS) is 11.3. The predicted molar refractivity (Wildman–Crippen MR) is 173 cm³/mol. The Balaban J connectivity index is 1.16. The number of hydrogen-bond donors (Lipinski definition) is 0. The minimum absolute atomic E-state index is 0.728. The van der Waals surface area contributed by atoms with Gasteiger partial charge in [0.1, 0.15) is 11.3 Å². The third-order valence-electron chi connectivity index (χ3n) is 7.72. The van der Waals surface area contributed by atoms with Crippen LogP contribution in [0.1, 0.15) is 0 Å². The van der Waals surface area contributed by atoms with Crippen LogP contribution < -0.4 is 0 Å². The third kappa shape index (κ3) is 4.53. The van der Waals surface area contributed by atoms with Crippen LogP contribution in [0.5, 0.6) is 0 Å². The van der Waals surface area contributed by atoms with Gasteiger partial charge in [0.25, 0.3) is 0 Å². The Kier molecular flexibility index (Phi) is 6.05. The molecule has 0 fully saturated rings. The van der Waals surface area contributed by atoms with E-state index >= 15 is 0 Å². The molecule has 4 heterocycles. The maximum Gasteiger partial charge on any atom is 0.160 e. The van der Waals surface area contributed by atoms with Crippen molar-refractivity contribution in [2.45, 2.75) is 0 Å². The smallest absolute Gasteiger partial charge is 0.160 e. The molecule has 0 aliphatic rings. The summed E-state index contributed by atoms with van der Waals surface area (Å²) >= 11 is 0. The lowest BCUT2D eigenvalue weighted by Gasteiger charge is -2.11. The number of pyridine rings is 2. The van der Waals surface area contributed by atoms with Crippen molar-refractivity contribution in [3.05, 3.63) is 152 Å². The van der Waals surface area contributed by atoms with E-state index in [9.17, 15) is 0 Å². The van der Waals surface area contributed by atoms with Crippen molar-refractivity contribution in [1.82, 2.24) is 24.3 Å². The summed E-state index contributed by atoms with van der Waals surface area (Å²) in [7, 11) is 0. The van der Waals surface area contributed by atoms with Gasteiger partial charge in [0.2, 0.25) is 0 Å². The highest BCUT2D eigenvalue weighted by atomic mass is 15.0. The summed E-state index contributed by atoms with van der Waals surface area (Å²) < 4.78 is 2.13.